The van der Waals surface area contributed by atoms with Gasteiger partial charge < -0.3 is 4.74 Å². The SMILES string of the molecule is C=CC1CCC(c2ccc3c(F)c(-c4cc(F)c(OC(F)(F)F)c(F)c4)ccc3c2)CC1. The highest BCUT2D eigenvalue weighted by Crippen LogP contribution is 2.39. The van der Waals surface area contributed by atoms with Crippen molar-refractivity contribution in [2.45, 2.75) is 38.0 Å². The molecule has 0 spiro atoms. The molecule has 7 heteroatoms. The van der Waals surface area contributed by atoms with Gasteiger partial charge in [-0.1, -0.05) is 36.4 Å². The third-order valence-electron chi connectivity index (χ3n) is 6.08. The zero-order chi connectivity index (χ0) is 23.0. The predicted octanol–water partition coefficient (Wildman–Crippen LogP) is 8.28. The molecule has 1 saturated carbocycles. The minimum atomic E-state index is -5.25. The molecular formula is C25H20F6O. The zero-order valence-corrected chi connectivity index (χ0v) is 17.0. The monoisotopic (exact) mass is 450 g/mol. The van der Waals surface area contributed by atoms with Gasteiger partial charge in [0.15, 0.2) is 11.6 Å². The van der Waals surface area contributed by atoms with E-state index in [1.165, 1.54) is 6.07 Å². The first-order chi connectivity index (χ1) is 15.2. The Morgan fingerprint density at radius 2 is 1.53 bits per heavy atom. The average Bonchev–Trinajstić information content (AvgIpc) is 2.75. The summed E-state index contributed by atoms with van der Waals surface area (Å²) in [4.78, 5) is 0. The van der Waals surface area contributed by atoms with Crippen molar-refractivity contribution in [3.8, 4) is 16.9 Å². The van der Waals surface area contributed by atoms with E-state index >= 15 is 4.39 Å². The van der Waals surface area contributed by atoms with Crippen LogP contribution in [0.25, 0.3) is 21.9 Å². The highest BCUT2D eigenvalue weighted by molar-refractivity contribution is 5.89. The Labute approximate surface area is 181 Å². The maximum absolute atomic E-state index is 15.2. The van der Waals surface area contributed by atoms with Crippen LogP contribution >= 0.6 is 0 Å². The lowest BCUT2D eigenvalue weighted by Crippen LogP contribution is -2.19. The molecule has 1 nitrogen and oxygen atoms in total. The third-order valence-corrected chi connectivity index (χ3v) is 6.08. The van der Waals surface area contributed by atoms with E-state index in [-0.39, 0.29) is 16.5 Å². The Morgan fingerprint density at radius 1 is 0.875 bits per heavy atom. The first-order valence-corrected chi connectivity index (χ1v) is 10.3. The maximum Gasteiger partial charge on any atom is 0.573 e. The lowest BCUT2D eigenvalue weighted by Gasteiger charge is -2.27. The van der Waals surface area contributed by atoms with Crippen LogP contribution in [0.4, 0.5) is 26.3 Å². The molecule has 0 amide bonds. The summed E-state index contributed by atoms with van der Waals surface area (Å²) in [6, 6.07) is 9.67. The first-order valence-electron chi connectivity index (χ1n) is 10.3. The molecule has 0 N–H and O–H groups in total. The molecule has 0 bridgehead atoms. The number of fused-ring (bicyclic) bond motifs is 1. The van der Waals surface area contributed by atoms with Crippen LogP contribution in [-0.4, -0.2) is 6.36 Å². The second-order valence-corrected chi connectivity index (χ2v) is 8.07. The van der Waals surface area contributed by atoms with Gasteiger partial charge in [0.1, 0.15) is 5.82 Å². The van der Waals surface area contributed by atoms with Gasteiger partial charge in [-0.3, -0.25) is 0 Å². The van der Waals surface area contributed by atoms with E-state index in [4.69, 9.17) is 0 Å². The van der Waals surface area contributed by atoms with Gasteiger partial charge in [-0.05, 0) is 66.2 Å². The van der Waals surface area contributed by atoms with E-state index in [9.17, 15) is 22.0 Å². The van der Waals surface area contributed by atoms with Crippen molar-refractivity contribution in [3.63, 3.8) is 0 Å². The van der Waals surface area contributed by atoms with Gasteiger partial charge in [0, 0.05) is 10.9 Å². The Bertz CT molecular complexity index is 1140. The highest BCUT2D eigenvalue weighted by Gasteiger charge is 2.34. The molecule has 0 aliphatic heterocycles. The molecule has 1 aliphatic rings. The second kappa shape index (κ2) is 8.52. The molecule has 1 aliphatic carbocycles. The lowest BCUT2D eigenvalue weighted by molar-refractivity contribution is -0.276. The van der Waals surface area contributed by atoms with E-state index in [1.54, 1.807) is 12.1 Å². The summed E-state index contributed by atoms with van der Waals surface area (Å²) >= 11 is 0. The van der Waals surface area contributed by atoms with Crippen LogP contribution in [0.1, 0.15) is 37.2 Å². The number of allylic oxidation sites excluding steroid dienone is 1. The smallest absolute Gasteiger partial charge is 0.399 e. The number of alkyl halides is 3. The summed E-state index contributed by atoms with van der Waals surface area (Å²) in [5.74, 6) is -4.50. The summed E-state index contributed by atoms with van der Waals surface area (Å²) in [6.45, 7) is 3.85. The molecule has 1 fully saturated rings. The lowest BCUT2D eigenvalue weighted by atomic mass is 9.78. The van der Waals surface area contributed by atoms with Crippen LogP contribution in [0.15, 0.2) is 55.1 Å². The summed E-state index contributed by atoms with van der Waals surface area (Å²) in [5.41, 5.74) is 0.770. The molecule has 4 rings (SSSR count). The van der Waals surface area contributed by atoms with Gasteiger partial charge in [-0.2, -0.15) is 0 Å². The van der Waals surface area contributed by atoms with Crippen LogP contribution in [0.5, 0.6) is 5.75 Å². The topological polar surface area (TPSA) is 9.23 Å². The largest absolute Gasteiger partial charge is 0.573 e. The van der Waals surface area contributed by atoms with Crippen molar-refractivity contribution in [2.24, 2.45) is 5.92 Å². The maximum atomic E-state index is 15.2. The number of hydrogen-bond donors (Lipinski definition) is 0. The van der Waals surface area contributed by atoms with Crippen molar-refractivity contribution >= 4 is 10.8 Å². The zero-order valence-electron chi connectivity index (χ0n) is 17.0. The molecule has 0 unspecified atom stereocenters. The van der Waals surface area contributed by atoms with Crippen LogP contribution in [0.3, 0.4) is 0 Å². The van der Waals surface area contributed by atoms with Crippen LogP contribution < -0.4 is 4.74 Å². The van der Waals surface area contributed by atoms with Crippen LogP contribution in [-0.2, 0) is 0 Å². The molecule has 0 heterocycles. The Morgan fingerprint density at radius 3 is 2.12 bits per heavy atom. The minimum absolute atomic E-state index is 0.118. The van der Waals surface area contributed by atoms with Crippen LogP contribution in [0, 0.1) is 23.4 Å². The standard InChI is InChI=1S/C25H20F6O/c1-2-14-3-5-15(6-4-14)16-7-9-19-17(11-16)8-10-20(23(19)28)18-12-21(26)24(22(27)13-18)32-25(29,30)31/h2,7-15H,1,3-6H2. The summed E-state index contributed by atoms with van der Waals surface area (Å²) in [6.07, 6.45) is 0.900. The fraction of sp³-hybridized carbons (Fsp3) is 0.280. The summed E-state index contributed by atoms with van der Waals surface area (Å²) < 4.78 is 83.8. The summed E-state index contributed by atoms with van der Waals surface area (Å²) in [7, 11) is 0. The van der Waals surface area contributed by atoms with Gasteiger partial charge in [0.05, 0.1) is 0 Å². The van der Waals surface area contributed by atoms with Gasteiger partial charge in [-0.25, -0.2) is 13.2 Å². The molecule has 3 aromatic rings. The van der Waals surface area contributed by atoms with Gasteiger partial charge in [-0.15, -0.1) is 19.8 Å². The predicted molar refractivity (Wildman–Crippen MR) is 111 cm³/mol. The van der Waals surface area contributed by atoms with E-state index in [1.807, 2.05) is 18.2 Å². The van der Waals surface area contributed by atoms with Crippen molar-refractivity contribution in [3.05, 3.63) is 78.1 Å². The number of ether oxygens (including phenoxy) is 1. The van der Waals surface area contributed by atoms with Crippen LogP contribution in [0.2, 0.25) is 0 Å². The van der Waals surface area contributed by atoms with Crippen molar-refractivity contribution in [1.29, 1.82) is 0 Å². The van der Waals surface area contributed by atoms with E-state index < -0.39 is 29.6 Å². The molecule has 168 valence electrons. The molecule has 3 aromatic carbocycles. The van der Waals surface area contributed by atoms with Crippen molar-refractivity contribution in [1.82, 2.24) is 0 Å². The normalized spacial score (nSPS) is 19.2. The molecule has 0 radical (unpaired) electrons. The van der Waals surface area contributed by atoms with Gasteiger partial charge >= 0.3 is 6.36 Å². The fourth-order valence-corrected chi connectivity index (χ4v) is 4.40. The third kappa shape index (κ3) is 4.47. The minimum Gasteiger partial charge on any atom is -0.399 e. The molecule has 0 aromatic heterocycles. The van der Waals surface area contributed by atoms with Crippen molar-refractivity contribution < 1.29 is 31.1 Å². The fourth-order valence-electron chi connectivity index (χ4n) is 4.40. The number of halogens is 6. The summed E-state index contributed by atoms with van der Waals surface area (Å²) in [5, 5.41) is 0.912. The first kappa shape index (κ1) is 22.2. The van der Waals surface area contributed by atoms with Crippen molar-refractivity contribution in [2.75, 3.05) is 0 Å². The van der Waals surface area contributed by atoms with Gasteiger partial charge in [0.2, 0.25) is 5.75 Å². The number of benzene rings is 3. The van der Waals surface area contributed by atoms with E-state index in [0.29, 0.717) is 29.4 Å². The number of rotatable bonds is 4. The van der Waals surface area contributed by atoms with Gasteiger partial charge in [0.25, 0.3) is 0 Å². The van der Waals surface area contributed by atoms with E-state index in [2.05, 4.69) is 11.3 Å². The Kier molecular flexibility index (Phi) is 5.93. The second-order valence-electron chi connectivity index (χ2n) is 8.07. The average molecular weight is 450 g/mol. The van der Waals surface area contributed by atoms with E-state index in [0.717, 1.165) is 31.2 Å². The highest BCUT2D eigenvalue weighted by atomic mass is 19.4. The molecule has 0 saturated heterocycles. The Balaban J connectivity index is 1.66. The molecular weight excluding hydrogens is 430 g/mol. The number of hydrogen-bond acceptors (Lipinski definition) is 1. The molecule has 32 heavy (non-hydrogen) atoms. The Hall–Kier alpha value is -2.96. The molecule has 0 atom stereocenters. The quantitative estimate of drug-likeness (QED) is 0.287.